The van der Waals surface area contributed by atoms with Crippen LogP contribution < -0.4 is 25.8 Å². The molecule has 3 aromatic carbocycles. The zero-order valence-electron chi connectivity index (χ0n) is 29.5. The number of nitrogens with two attached hydrogens (primary N) is 1. The quantitative estimate of drug-likeness (QED) is 0.121. The van der Waals surface area contributed by atoms with Crippen molar-refractivity contribution in [3.63, 3.8) is 0 Å². The minimum atomic E-state index is -4.02. The molecule has 0 radical (unpaired) electrons. The van der Waals surface area contributed by atoms with Gasteiger partial charge in [-0.3, -0.25) is 4.55 Å². The molecule has 2 unspecified atom stereocenters. The largest absolute Gasteiger partial charge is 0.489 e. The van der Waals surface area contributed by atoms with Crippen LogP contribution >= 0.6 is 0 Å². The van der Waals surface area contributed by atoms with Gasteiger partial charge in [-0.05, 0) is 95.3 Å². The van der Waals surface area contributed by atoms with Crippen LogP contribution in [0.3, 0.4) is 0 Å². The number of aryl methyl sites for hydroxylation is 3. The van der Waals surface area contributed by atoms with Crippen molar-refractivity contribution in [2.24, 2.45) is 0 Å². The smallest absolute Gasteiger partial charge is 0.294 e. The summed E-state index contributed by atoms with van der Waals surface area (Å²) in [5.74, 6) is 1.70. The number of aliphatic hydroxyl groups is 2. The van der Waals surface area contributed by atoms with E-state index >= 15 is 0 Å². The summed E-state index contributed by atoms with van der Waals surface area (Å²) in [7, 11) is -4.02. The molecule has 0 saturated carbocycles. The van der Waals surface area contributed by atoms with Crippen LogP contribution in [-0.4, -0.2) is 77.8 Å². The molecule has 0 spiro atoms. The van der Waals surface area contributed by atoms with Gasteiger partial charge in [0, 0.05) is 48.7 Å². The van der Waals surface area contributed by atoms with Gasteiger partial charge < -0.3 is 50.2 Å². The highest BCUT2D eigenvalue weighted by atomic mass is 32.2. The van der Waals surface area contributed by atoms with Crippen molar-refractivity contribution in [3.05, 3.63) is 89.7 Å². The monoisotopic (exact) mass is 724 g/mol. The Hall–Kier alpha value is -4.89. The first kappa shape index (κ1) is 40.5. The molecule has 2 aliphatic rings. The first-order valence-corrected chi connectivity index (χ1v) is 17.8. The number of anilines is 3. The Balaban J connectivity index is 0.000000194. The molecule has 2 atom stereocenters. The van der Waals surface area contributed by atoms with Crippen LogP contribution in [0.1, 0.15) is 43.6 Å². The van der Waals surface area contributed by atoms with Crippen LogP contribution in [0.4, 0.5) is 17.1 Å². The zero-order chi connectivity index (χ0) is 37.7. The Morgan fingerprint density at radius 1 is 0.765 bits per heavy atom. The van der Waals surface area contributed by atoms with Gasteiger partial charge in [0.25, 0.3) is 10.1 Å². The standard InChI is InChI=1S/C15H18N2O2.C9H12N2O2.C7H8O3S.C6H10O2/c1-10-3-4-11(2)17(10)12-5-6-15-14(7-12)16-8-13(18)9-19-15;10-6-1-2-9-8(3-6)11-4-7(12)5-13-9;1-6-2-4-7(5-3-6)11(8,9)10;1-5(7)3-4-6(2)8/h3-7,13,16,18H,8-9H2,1-2H3;1-3,7,11-12H,4-5,10H2;2-5H,1H3,(H,8,9,10);3-4H2,1-2H3. The summed E-state index contributed by atoms with van der Waals surface area (Å²) in [4.78, 5) is 20.3. The topological polar surface area (TPSA) is 202 Å². The molecule has 0 aliphatic carbocycles. The Morgan fingerprint density at radius 3 is 1.71 bits per heavy atom. The normalized spacial score (nSPS) is 15.9. The SMILES string of the molecule is CC(=O)CCC(C)=O.Cc1ccc(C)n1-c1ccc2c(c1)NCC(O)CO2.Cc1ccc(S(=O)(=O)O)cc1.Nc1ccc2c(c1)NCC(O)CO2. The van der Waals surface area contributed by atoms with Gasteiger partial charge in [-0.2, -0.15) is 8.42 Å². The summed E-state index contributed by atoms with van der Waals surface area (Å²) in [5, 5.41) is 25.2. The van der Waals surface area contributed by atoms with Gasteiger partial charge >= 0.3 is 0 Å². The summed E-state index contributed by atoms with van der Waals surface area (Å²) in [6, 6.07) is 21.6. The lowest BCUT2D eigenvalue weighted by Gasteiger charge is -2.13. The summed E-state index contributed by atoms with van der Waals surface area (Å²) in [5.41, 5.74) is 12.5. The van der Waals surface area contributed by atoms with Crippen molar-refractivity contribution in [2.75, 3.05) is 42.7 Å². The van der Waals surface area contributed by atoms with Crippen LogP contribution in [0.2, 0.25) is 0 Å². The molecule has 2 aliphatic heterocycles. The number of Topliss-reactive ketones (excluding diaryl/α,β-unsaturated/α-hetero) is 2. The number of ether oxygens (including phenoxy) is 2. The van der Waals surface area contributed by atoms with Crippen LogP contribution in [0.15, 0.2) is 77.7 Å². The second-order valence-corrected chi connectivity index (χ2v) is 13.7. The number of β-amino-alcohol motifs (C(OH)–C–C–N with tert-alkyl or cyclic N) is 2. The molecule has 7 N–H and O–H groups in total. The number of carbonyl (C=O) groups is 2. The third kappa shape index (κ3) is 13.4. The van der Waals surface area contributed by atoms with Gasteiger partial charge in [0.1, 0.15) is 48.5 Å². The van der Waals surface area contributed by atoms with E-state index in [0.29, 0.717) is 44.8 Å². The van der Waals surface area contributed by atoms with E-state index in [-0.39, 0.29) is 16.5 Å². The number of nitrogen functional groups attached to an aromatic ring is 1. The maximum Gasteiger partial charge on any atom is 0.294 e. The molecule has 0 bridgehead atoms. The highest BCUT2D eigenvalue weighted by molar-refractivity contribution is 7.85. The minimum Gasteiger partial charge on any atom is -0.489 e. The number of aromatic nitrogens is 1. The summed E-state index contributed by atoms with van der Waals surface area (Å²) < 4.78 is 42.7. The van der Waals surface area contributed by atoms with Crippen LogP contribution in [0, 0.1) is 20.8 Å². The molecule has 1 aromatic heterocycles. The van der Waals surface area contributed by atoms with E-state index in [1.54, 1.807) is 30.3 Å². The number of nitrogens with zero attached hydrogens (tertiary/aromatic N) is 1. The number of fused-ring (bicyclic) bond motifs is 2. The van der Waals surface area contributed by atoms with Gasteiger partial charge in [0.05, 0.1) is 16.3 Å². The average Bonchev–Trinajstić information content (AvgIpc) is 3.19. The molecule has 13 nitrogen and oxygen atoms in total. The Bertz CT molecular complexity index is 1840. The molecule has 0 amide bonds. The van der Waals surface area contributed by atoms with E-state index in [4.69, 9.17) is 19.8 Å². The highest BCUT2D eigenvalue weighted by Crippen LogP contribution is 2.31. The number of aliphatic hydroxyl groups excluding tert-OH is 2. The lowest BCUT2D eigenvalue weighted by Crippen LogP contribution is -2.23. The van der Waals surface area contributed by atoms with E-state index in [0.717, 1.165) is 34.1 Å². The Kier molecular flexibility index (Phi) is 15.0. The van der Waals surface area contributed by atoms with E-state index in [9.17, 15) is 28.2 Å². The van der Waals surface area contributed by atoms with Gasteiger partial charge in [-0.15, -0.1) is 0 Å². The van der Waals surface area contributed by atoms with Crippen molar-refractivity contribution < 1.29 is 42.2 Å². The first-order valence-electron chi connectivity index (χ1n) is 16.3. The molecule has 0 saturated heterocycles. The number of benzene rings is 3. The van der Waals surface area contributed by atoms with E-state index in [1.807, 2.05) is 19.1 Å². The molecule has 14 heteroatoms. The average molecular weight is 725 g/mol. The predicted octanol–water partition coefficient (Wildman–Crippen LogP) is 4.88. The van der Waals surface area contributed by atoms with E-state index in [2.05, 4.69) is 47.2 Å². The number of rotatable bonds is 5. The third-order valence-corrected chi connectivity index (χ3v) is 8.43. The Labute approximate surface area is 299 Å². The predicted molar refractivity (Wildman–Crippen MR) is 198 cm³/mol. The maximum atomic E-state index is 10.5. The van der Waals surface area contributed by atoms with Crippen molar-refractivity contribution in [1.82, 2.24) is 4.57 Å². The maximum absolute atomic E-state index is 10.5. The molecule has 4 aromatic rings. The van der Waals surface area contributed by atoms with Gasteiger partial charge in [0.2, 0.25) is 0 Å². The van der Waals surface area contributed by atoms with E-state index in [1.165, 1.54) is 37.4 Å². The third-order valence-electron chi connectivity index (χ3n) is 7.56. The summed E-state index contributed by atoms with van der Waals surface area (Å²) >= 11 is 0. The number of hydrogen-bond donors (Lipinski definition) is 6. The second kappa shape index (κ2) is 18.9. The molecule has 6 rings (SSSR count). The van der Waals surface area contributed by atoms with Crippen molar-refractivity contribution >= 4 is 38.7 Å². The first-order chi connectivity index (χ1) is 24.0. The van der Waals surface area contributed by atoms with Crippen molar-refractivity contribution in [2.45, 2.75) is 64.6 Å². The minimum absolute atomic E-state index is 0.0666. The molecule has 276 valence electrons. The number of carbonyl (C=O) groups excluding carboxylic acids is 2. The fourth-order valence-electron chi connectivity index (χ4n) is 4.82. The lowest BCUT2D eigenvalue weighted by atomic mass is 10.2. The fourth-order valence-corrected chi connectivity index (χ4v) is 5.30. The zero-order valence-corrected chi connectivity index (χ0v) is 30.4. The summed E-state index contributed by atoms with van der Waals surface area (Å²) in [6.07, 6.45) is -0.135. The van der Waals surface area contributed by atoms with Gasteiger partial charge in [-0.1, -0.05) is 17.7 Å². The molecule has 51 heavy (non-hydrogen) atoms. The number of nitrogens with one attached hydrogen (secondary N) is 2. The molecular formula is C37H48N4O9S. The number of ketones is 2. The van der Waals surface area contributed by atoms with Crippen LogP contribution in [0.25, 0.3) is 5.69 Å². The van der Waals surface area contributed by atoms with Gasteiger partial charge in [-0.25, -0.2) is 0 Å². The van der Waals surface area contributed by atoms with Gasteiger partial charge in [0.15, 0.2) is 0 Å². The van der Waals surface area contributed by atoms with E-state index < -0.39 is 22.3 Å². The summed E-state index contributed by atoms with van der Waals surface area (Å²) in [6.45, 7) is 10.7. The van der Waals surface area contributed by atoms with Crippen LogP contribution in [0.5, 0.6) is 11.5 Å². The lowest BCUT2D eigenvalue weighted by molar-refractivity contribution is -0.122. The fraction of sp³-hybridized carbons (Fsp3) is 0.351. The Morgan fingerprint density at radius 2 is 1.24 bits per heavy atom. The highest BCUT2D eigenvalue weighted by Gasteiger charge is 2.16. The van der Waals surface area contributed by atoms with Crippen molar-refractivity contribution in [3.8, 4) is 17.2 Å². The van der Waals surface area contributed by atoms with Crippen molar-refractivity contribution in [1.29, 1.82) is 0 Å². The second-order valence-electron chi connectivity index (χ2n) is 12.3. The van der Waals surface area contributed by atoms with Crippen LogP contribution in [-0.2, 0) is 19.7 Å². The number of hydrogen-bond acceptors (Lipinski definition) is 11. The molecular weight excluding hydrogens is 676 g/mol. The molecule has 0 fully saturated rings. The molecule has 3 heterocycles.